The molecule has 16 nitrogen and oxygen atoms in total. The van der Waals surface area contributed by atoms with Gasteiger partial charge in [0, 0.05) is 59.1 Å². The molecule has 9 rings (SSSR count). The number of fused-ring (bicyclic) bond motifs is 3. The fourth-order valence-corrected chi connectivity index (χ4v) is 12.3. The van der Waals surface area contributed by atoms with E-state index in [9.17, 15) is 22.8 Å². The number of pyridine rings is 1. The summed E-state index contributed by atoms with van der Waals surface area (Å²) in [6, 6.07) is 10.9. The first-order valence-electron chi connectivity index (χ1n) is 24.7. The lowest BCUT2D eigenvalue weighted by molar-refractivity contribution is -0.140. The van der Waals surface area contributed by atoms with E-state index in [0.29, 0.717) is 84.5 Å². The molecule has 5 aliphatic rings. The van der Waals surface area contributed by atoms with Crippen molar-refractivity contribution in [1.82, 2.24) is 29.8 Å². The number of anilines is 1. The zero-order chi connectivity index (χ0) is 49.7. The van der Waals surface area contributed by atoms with Crippen LogP contribution in [0.4, 0.5) is 5.69 Å². The van der Waals surface area contributed by atoms with E-state index >= 15 is 4.79 Å². The van der Waals surface area contributed by atoms with Crippen LogP contribution in [0.2, 0.25) is 0 Å². The lowest BCUT2D eigenvalue weighted by Gasteiger charge is -2.35. The number of sulfonamides is 1. The van der Waals surface area contributed by atoms with Crippen molar-refractivity contribution in [2.45, 2.75) is 146 Å². The maximum Gasteiger partial charge on any atom is 0.259 e. The number of morpholine rings is 1. The summed E-state index contributed by atoms with van der Waals surface area (Å²) in [5.41, 5.74) is 2.55. The van der Waals surface area contributed by atoms with Gasteiger partial charge in [0.1, 0.15) is 45.9 Å². The molecule has 5 heterocycles. The zero-order valence-electron chi connectivity index (χ0n) is 41.1. The molecule has 18 heteroatoms. The minimum atomic E-state index is -4.02. The Bertz CT molecular complexity index is 2820. The fourth-order valence-electron chi connectivity index (χ4n) is 10.1. The number of allylic oxidation sites excluding steroid dienone is 1. The van der Waals surface area contributed by atoms with Gasteiger partial charge in [-0.3, -0.25) is 23.9 Å². The molecule has 3 aliphatic heterocycles. The maximum absolute atomic E-state index is 15.3. The minimum absolute atomic E-state index is 0.0271. The summed E-state index contributed by atoms with van der Waals surface area (Å²) in [6.07, 6.45) is 7.61. The number of carbonyl (C=O) groups is 4. The molecule has 3 N–H and O–H groups in total. The van der Waals surface area contributed by atoms with Crippen molar-refractivity contribution < 1.29 is 41.8 Å². The van der Waals surface area contributed by atoms with Crippen molar-refractivity contribution in [3.8, 4) is 22.2 Å². The van der Waals surface area contributed by atoms with Crippen LogP contribution < -0.4 is 24.8 Å². The van der Waals surface area contributed by atoms with Crippen LogP contribution in [0.15, 0.2) is 60.0 Å². The van der Waals surface area contributed by atoms with E-state index in [1.54, 1.807) is 37.1 Å². The van der Waals surface area contributed by atoms with Gasteiger partial charge in [-0.2, -0.15) is 0 Å². The van der Waals surface area contributed by atoms with E-state index < -0.39 is 56.2 Å². The van der Waals surface area contributed by atoms with Crippen LogP contribution >= 0.6 is 11.3 Å². The SMILES string of the molecule is COc1ccc2c(O[C@@H]3C[C@H]4C(=O)N[C@]5(C(=O)NS(=O)(=O)C6(C)CC6)C[C@@H]5/C=C\CCCCC[C@H](Nc5cccc(C(=O)N6CC(C)OC(C)C6)c5)C(=O)N4C3)cc(-c3nc(C(C)C)cs3)nc2c1C. The Morgan fingerprint density at radius 2 is 1.77 bits per heavy atom. The molecule has 7 atom stereocenters. The van der Waals surface area contributed by atoms with Crippen molar-refractivity contribution in [1.29, 1.82) is 0 Å². The van der Waals surface area contributed by atoms with Crippen LogP contribution in [-0.4, -0.2) is 119 Å². The number of ether oxygens (including phenoxy) is 3. The number of benzene rings is 2. The minimum Gasteiger partial charge on any atom is -0.496 e. The molecular weight excluding hydrogens is 931 g/mol. The molecule has 70 heavy (non-hydrogen) atoms. The van der Waals surface area contributed by atoms with E-state index in [1.807, 2.05) is 62.6 Å². The van der Waals surface area contributed by atoms with Crippen molar-refractivity contribution in [2.75, 3.05) is 32.1 Å². The third-order valence-corrected chi connectivity index (χ3v) is 17.7. The Balaban J connectivity index is 1.06. The van der Waals surface area contributed by atoms with Crippen LogP contribution in [0.3, 0.4) is 0 Å². The number of aryl methyl sites for hydroxylation is 1. The van der Waals surface area contributed by atoms with E-state index in [-0.39, 0.29) is 49.3 Å². The predicted octanol–water partition coefficient (Wildman–Crippen LogP) is 7.27. The lowest BCUT2D eigenvalue weighted by atomic mass is 10.0. The summed E-state index contributed by atoms with van der Waals surface area (Å²) in [5, 5.41) is 9.92. The molecule has 374 valence electrons. The normalized spacial score (nSPS) is 27.4. The smallest absolute Gasteiger partial charge is 0.259 e. The summed E-state index contributed by atoms with van der Waals surface area (Å²) in [4.78, 5) is 71.6. The van der Waals surface area contributed by atoms with Gasteiger partial charge in [0.2, 0.25) is 21.8 Å². The number of nitrogens with one attached hydrogen (secondary N) is 3. The number of aromatic nitrogens is 2. The first-order chi connectivity index (χ1) is 33.4. The third kappa shape index (κ3) is 10.0. The fraction of sp³-hybridized carbons (Fsp3) is 0.538. The number of rotatable bonds is 11. The highest BCUT2D eigenvalue weighted by molar-refractivity contribution is 7.91. The van der Waals surface area contributed by atoms with Gasteiger partial charge in [-0.05, 0) is 102 Å². The van der Waals surface area contributed by atoms with Gasteiger partial charge < -0.3 is 34.6 Å². The molecule has 2 saturated carbocycles. The highest BCUT2D eigenvalue weighted by atomic mass is 32.2. The first kappa shape index (κ1) is 49.4. The molecule has 0 radical (unpaired) electrons. The lowest BCUT2D eigenvalue weighted by Crippen LogP contribution is -2.58. The standard InChI is InChI=1S/C52H65N7O9S2/c1-30(2)41-29-69-47(55-41)40-24-44(38-18-19-43(66-7)33(5)45(38)54-40)68-37-23-42-46(60)56-52(50(63)57-70(64,65)51(6)20-21-51)25-35(52)15-11-9-8-10-12-17-39(49(62)59(42)28-37)53-36-16-13-14-34(22-36)48(61)58-26-31(3)67-32(4)27-58/h11,13-16,18-19,22,24,29-32,35,37,39,42,53H,8-10,12,17,20-21,23,25-28H2,1-7H3,(H,56,60)(H,57,63)/b15-11-/t31?,32?,35-,37+,39-,42-,52+/m0/s1. The quantitative estimate of drug-likeness (QED) is 0.127. The molecular formula is C52H65N7O9S2. The van der Waals surface area contributed by atoms with E-state index in [0.717, 1.165) is 29.1 Å². The monoisotopic (exact) mass is 995 g/mol. The number of nitrogens with zero attached hydrogens (tertiary/aromatic N) is 4. The molecule has 4 aromatic rings. The second-order valence-electron chi connectivity index (χ2n) is 20.5. The van der Waals surface area contributed by atoms with Crippen LogP contribution in [0.5, 0.6) is 11.5 Å². The highest BCUT2D eigenvalue weighted by Crippen LogP contribution is 2.48. The van der Waals surface area contributed by atoms with Gasteiger partial charge >= 0.3 is 0 Å². The van der Waals surface area contributed by atoms with Gasteiger partial charge in [0.15, 0.2) is 0 Å². The van der Waals surface area contributed by atoms with Gasteiger partial charge in [0.25, 0.3) is 11.8 Å². The number of methoxy groups -OCH3 is 1. The van der Waals surface area contributed by atoms with Crippen LogP contribution in [0.25, 0.3) is 21.6 Å². The first-order valence-corrected chi connectivity index (χ1v) is 27.0. The van der Waals surface area contributed by atoms with E-state index in [4.69, 9.17) is 24.2 Å². The average molecular weight is 996 g/mol. The topological polar surface area (TPSA) is 198 Å². The van der Waals surface area contributed by atoms with E-state index in [2.05, 4.69) is 29.2 Å². The van der Waals surface area contributed by atoms with Gasteiger partial charge in [0.05, 0.1) is 41.8 Å². The molecule has 2 aromatic heterocycles. The number of hydrogen-bond donors (Lipinski definition) is 3. The van der Waals surface area contributed by atoms with Crippen molar-refractivity contribution in [2.24, 2.45) is 5.92 Å². The van der Waals surface area contributed by atoms with Crippen molar-refractivity contribution in [3.05, 3.63) is 76.8 Å². The van der Waals surface area contributed by atoms with Crippen molar-refractivity contribution in [3.63, 3.8) is 0 Å². The average Bonchev–Trinajstić information content (AvgIpc) is 4.10. The maximum atomic E-state index is 15.3. The predicted molar refractivity (Wildman–Crippen MR) is 268 cm³/mol. The summed E-state index contributed by atoms with van der Waals surface area (Å²) in [5.74, 6) is -0.920. The second-order valence-corrected chi connectivity index (χ2v) is 23.5. The van der Waals surface area contributed by atoms with Gasteiger partial charge in [-0.25, -0.2) is 18.4 Å². The summed E-state index contributed by atoms with van der Waals surface area (Å²) in [7, 11) is -2.41. The number of hydrogen-bond acceptors (Lipinski definition) is 13. The molecule has 0 spiro atoms. The number of carbonyl (C=O) groups excluding carboxylic acids is 4. The number of thiazole rings is 1. The molecule has 4 fully saturated rings. The Hall–Kier alpha value is -5.59. The molecule has 2 aliphatic carbocycles. The van der Waals surface area contributed by atoms with Crippen LogP contribution in [-0.2, 0) is 29.1 Å². The largest absolute Gasteiger partial charge is 0.496 e. The molecule has 0 bridgehead atoms. The Kier molecular flexibility index (Phi) is 13.8. The van der Waals surface area contributed by atoms with Crippen molar-refractivity contribution >= 4 is 61.6 Å². The summed E-state index contributed by atoms with van der Waals surface area (Å²) >= 11 is 1.49. The summed E-state index contributed by atoms with van der Waals surface area (Å²) < 4.78 is 46.6. The molecule has 2 saturated heterocycles. The van der Waals surface area contributed by atoms with E-state index in [1.165, 1.54) is 16.2 Å². The Labute approximate surface area is 414 Å². The Morgan fingerprint density at radius 1 is 1.00 bits per heavy atom. The van der Waals surface area contributed by atoms with Gasteiger partial charge in [-0.15, -0.1) is 11.3 Å². The number of amides is 4. The Morgan fingerprint density at radius 3 is 2.49 bits per heavy atom. The van der Waals surface area contributed by atoms with Gasteiger partial charge in [-0.1, -0.05) is 44.9 Å². The third-order valence-electron chi connectivity index (χ3n) is 14.6. The highest BCUT2D eigenvalue weighted by Gasteiger charge is 2.63. The molecule has 2 aromatic carbocycles. The molecule has 4 amide bonds. The summed E-state index contributed by atoms with van der Waals surface area (Å²) in [6.45, 7) is 12.6. The zero-order valence-corrected chi connectivity index (χ0v) is 42.7. The van der Waals surface area contributed by atoms with Crippen LogP contribution in [0, 0.1) is 12.8 Å². The molecule has 2 unspecified atom stereocenters. The second kappa shape index (κ2) is 19.5. The van der Waals surface area contributed by atoms with Crippen LogP contribution in [0.1, 0.15) is 120 Å².